The lowest BCUT2D eigenvalue weighted by Crippen LogP contribution is -2.47. The van der Waals surface area contributed by atoms with Crippen molar-refractivity contribution in [2.24, 2.45) is 0 Å². The Balaban J connectivity index is 1.77. The number of anilines is 2. The third-order valence-electron chi connectivity index (χ3n) is 7.27. The molecule has 4 heterocycles. The summed E-state index contributed by atoms with van der Waals surface area (Å²) in [6, 6.07) is 16.4. The predicted octanol–water partition coefficient (Wildman–Crippen LogP) is 4.88. The summed E-state index contributed by atoms with van der Waals surface area (Å²) in [5.41, 5.74) is 5.92. The minimum atomic E-state index is -0.472. The summed E-state index contributed by atoms with van der Waals surface area (Å²) in [7, 11) is 1.38. The Labute approximate surface area is 188 Å². The van der Waals surface area contributed by atoms with Gasteiger partial charge in [0.05, 0.1) is 18.5 Å². The van der Waals surface area contributed by atoms with E-state index >= 15 is 0 Å². The zero-order valence-electron chi connectivity index (χ0n) is 18.8. The number of pyridine rings is 2. The summed E-state index contributed by atoms with van der Waals surface area (Å²) in [4.78, 5) is 24.1. The summed E-state index contributed by atoms with van der Waals surface area (Å²) in [6.45, 7) is 6.46. The molecule has 1 aromatic carbocycles. The van der Waals surface area contributed by atoms with Crippen molar-refractivity contribution in [3.05, 3.63) is 83.4 Å². The third kappa shape index (κ3) is 3.13. The van der Waals surface area contributed by atoms with E-state index in [4.69, 9.17) is 14.7 Å². The lowest BCUT2D eigenvalue weighted by Gasteiger charge is -2.49. The Bertz CT molecular complexity index is 1070. The fourth-order valence-corrected chi connectivity index (χ4v) is 5.29. The van der Waals surface area contributed by atoms with E-state index in [0.29, 0.717) is 0 Å². The summed E-state index contributed by atoms with van der Waals surface area (Å²) in [5.74, 6) is 0. The van der Waals surface area contributed by atoms with Gasteiger partial charge in [0.15, 0.2) is 0 Å². The molecule has 2 aliphatic rings. The normalized spacial score (nSPS) is 23.9. The van der Waals surface area contributed by atoms with Crippen LogP contribution in [0.15, 0.2) is 60.9 Å². The van der Waals surface area contributed by atoms with Crippen molar-refractivity contribution in [1.82, 2.24) is 9.97 Å². The molecule has 164 valence electrons. The number of methoxy groups -OCH3 is 1. The van der Waals surface area contributed by atoms with E-state index in [-0.39, 0.29) is 10.8 Å². The molecule has 0 fully saturated rings. The Morgan fingerprint density at radius 3 is 1.91 bits per heavy atom. The summed E-state index contributed by atoms with van der Waals surface area (Å²) >= 11 is 0. The van der Waals surface area contributed by atoms with Crippen molar-refractivity contribution in [2.45, 2.75) is 37.5 Å². The largest absolute Gasteiger partial charge is 0.453 e. The molecule has 0 saturated heterocycles. The van der Waals surface area contributed by atoms with Crippen molar-refractivity contribution in [2.75, 3.05) is 30.4 Å². The molecule has 5 rings (SSSR count). The zero-order valence-corrected chi connectivity index (χ0v) is 18.8. The monoisotopic (exact) mass is 428 g/mol. The van der Waals surface area contributed by atoms with E-state index in [1.54, 1.807) is 0 Å². The van der Waals surface area contributed by atoms with Gasteiger partial charge in [-0.05, 0) is 74.2 Å². The number of carbonyl (C=O) groups is 1. The number of hydrogen-bond donors (Lipinski definition) is 1. The van der Waals surface area contributed by atoms with Gasteiger partial charge in [-0.15, -0.1) is 0 Å². The highest BCUT2D eigenvalue weighted by atomic mass is 16.5. The molecule has 2 atom stereocenters. The quantitative estimate of drug-likeness (QED) is 0.644. The molecule has 1 amide bonds. The Hall–Kier alpha value is -3.41. The van der Waals surface area contributed by atoms with Crippen LogP contribution in [0.3, 0.4) is 0 Å². The maximum absolute atomic E-state index is 12.1. The van der Waals surface area contributed by atoms with Crippen molar-refractivity contribution in [1.29, 1.82) is 0 Å². The van der Waals surface area contributed by atoms with Gasteiger partial charge < -0.3 is 9.64 Å². The fraction of sp³-hybridized carbons (Fsp3) is 0.346. The first-order valence-corrected chi connectivity index (χ1v) is 11.1. The predicted molar refractivity (Wildman–Crippen MR) is 125 cm³/mol. The van der Waals surface area contributed by atoms with Gasteiger partial charge in [0.1, 0.15) is 0 Å². The van der Waals surface area contributed by atoms with Crippen molar-refractivity contribution in [3.63, 3.8) is 0 Å². The van der Waals surface area contributed by atoms with Gasteiger partial charge in [0, 0.05) is 47.7 Å². The highest BCUT2D eigenvalue weighted by molar-refractivity contribution is 5.87. The number of aromatic nitrogens is 2. The van der Waals surface area contributed by atoms with Gasteiger partial charge in [0.2, 0.25) is 0 Å². The number of ether oxygens (including phenoxy) is 1. The Morgan fingerprint density at radius 1 is 0.938 bits per heavy atom. The number of amides is 1. The SMILES string of the molecule is COC(=O)Nc1cc2c3c(c1)C(C)(c1ccccn1)CCN3CCC2(C)c1ccccn1. The van der Waals surface area contributed by atoms with E-state index in [2.05, 4.69) is 48.3 Å². The highest BCUT2D eigenvalue weighted by Crippen LogP contribution is 2.53. The lowest BCUT2D eigenvalue weighted by atomic mass is 9.66. The standard InChI is InChI=1S/C26H28N4O2/c1-25(21-8-4-6-12-27-21)10-14-30-15-11-26(2,22-9-5-7-13-28-22)20-17-18(29-24(31)32-3)16-19(25)23(20)30/h4-9,12-13,16-17H,10-11,14-15H2,1-3H3,(H,29,31). The molecule has 6 heteroatoms. The van der Waals surface area contributed by atoms with E-state index in [9.17, 15) is 4.79 Å². The number of hydrogen-bond acceptors (Lipinski definition) is 5. The van der Waals surface area contributed by atoms with Gasteiger partial charge in [-0.3, -0.25) is 15.3 Å². The number of nitrogens with one attached hydrogen (secondary N) is 1. The minimum Gasteiger partial charge on any atom is -0.453 e. The Kier molecular flexibility index (Phi) is 4.88. The number of rotatable bonds is 3. The van der Waals surface area contributed by atoms with Gasteiger partial charge >= 0.3 is 6.09 Å². The molecule has 0 saturated carbocycles. The van der Waals surface area contributed by atoms with E-state index in [0.717, 1.165) is 43.0 Å². The minimum absolute atomic E-state index is 0.266. The maximum Gasteiger partial charge on any atom is 0.411 e. The molecule has 6 nitrogen and oxygen atoms in total. The second kappa shape index (κ2) is 7.62. The Morgan fingerprint density at radius 2 is 1.47 bits per heavy atom. The van der Waals surface area contributed by atoms with Gasteiger partial charge in [-0.1, -0.05) is 12.1 Å². The molecular formula is C26H28N4O2. The molecule has 2 unspecified atom stereocenters. The third-order valence-corrected chi connectivity index (χ3v) is 7.27. The average Bonchev–Trinajstić information content (AvgIpc) is 2.84. The molecule has 2 aliphatic heterocycles. The van der Waals surface area contributed by atoms with E-state index in [1.807, 2.05) is 36.7 Å². The van der Waals surface area contributed by atoms with E-state index in [1.165, 1.54) is 23.9 Å². The highest BCUT2D eigenvalue weighted by Gasteiger charge is 2.46. The van der Waals surface area contributed by atoms with Crippen LogP contribution in [0.5, 0.6) is 0 Å². The maximum atomic E-state index is 12.1. The molecule has 0 spiro atoms. The van der Waals surface area contributed by atoms with Crippen LogP contribution in [-0.4, -0.2) is 36.3 Å². The van der Waals surface area contributed by atoms with Crippen LogP contribution >= 0.6 is 0 Å². The molecule has 0 bridgehead atoms. The smallest absolute Gasteiger partial charge is 0.411 e. The number of nitrogens with zero attached hydrogens (tertiary/aromatic N) is 3. The number of carbonyl (C=O) groups excluding carboxylic acids is 1. The molecule has 32 heavy (non-hydrogen) atoms. The summed E-state index contributed by atoms with van der Waals surface area (Å²) in [6.07, 6.45) is 5.15. The first kappa shape index (κ1) is 20.5. The number of benzene rings is 1. The van der Waals surface area contributed by atoms with Crippen LogP contribution in [0, 0.1) is 0 Å². The van der Waals surface area contributed by atoms with Crippen LogP contribution in [0.2, 0.25) is 0 Å². The van der Waals surface area contributed by atoms with Crippen LogP contribution in [0.1, 0.15) is 49.2 Å². The summed E-state index contributed by atoms with van der Waals surface area (Å²) in [5, 5.41) is 2.91. The second-order valence-electron chi connectivity index (χ2n) is 9.12. The molecule has 2 aromatic heterocycles. The molecule has 1 N–H and O–H groups in total. The first-order chi connectivity index (χ1) is 15.5. The fourth-order valence-electron chi connectivity index (χ4n) is 5.29. The van der Waals surface area contributed by atoms with Crippen LogP contribution < -0.4 is 10.2 Å². The van der Waals surface area contributed by atoms with E-state index < -0.39 is 6.09 Å². The summed E-state index contributed by atoms with van der Waals surface area (Å²) < 4.78 is 4.89. The van der Waals surface area contributed by atoms with Gasteiger partial charge in [-0.2, -0.15) is 0 Å². The van der Waals surface area contributed by atoms with Crippen LogP contribution in [-0.2, 0) is 15.6 Å². The molecule has 0 aliphatic carbocycles. The zero-order chi connectivity index (χ0) is 22.3. The average molecular weight is 429 g/mol. The van der Waals surface area contributed by atoms with Gasteiger partial charge in [0.25, 0.3) is 0 Å². The second-order valence-corrected chi connectivity index (χ2v) is 9.12. The van der Waals surface area contributed by atoms with Crippen molar-refractivity contribution in [3.8, 4) is 0 Å². The lowest BCUT2D eigenvalue weighted by molar-refractivity contribution is 0.187. The van der Waals surface area contributed by atoms with Crippen LogP contribution in [0.4, 0.5) is 16.2 Å². The molecular weight excluding hydrogens is 400 g/mol. The van der Waals surface area contributed by atoms with Crippen LogP contribution in [0.25, 0.3) is 0 Å². The van der Waals surface area contributed by atoms with Gasteiger partial charge in [-0.25, -0.2) is 4.79 Å². The van der Waals surface area contributed by atoms with Crippen molar-refractivity contribution < 1.29 is 9.53 Å². The topological polar surface area (TPSA) is 67.3 Å². The molecule has 0 radical (unpaired) electrons. The van der Waals surface area contributed by atoms with Crippen molar-refractivity contribution >= 4 is 17.5 Å². The molecule has 3 aromatic rings. The first-order valence-electron chi connectivity index (χ1n) is 11.1.